The number of rotatable bonds is 3. The fraction of sp³-hybridized carbons (Fsp3) is 0.417. The van der Waals surface area contributed by atoms with Crippen molar-refractivity contribution in [1.82, 2.24) is 4.31 Å². The lowest BCUT2D eigenvalue weighted by molar-refractivity contribution is -0.123. The molecule has 0 aliphatic carbocycles. The van der Waals surface area contributed by atoms with Gasteiger partial charge in [0.15, 0.2) is 0 Å². The molecule has 4 nitrogen and oxygen atoms in total. The number of carbonyl (C=O) groups excluding carboxylic acids is 1. The van der Waals surface area contributed by atoms with Gasteiger partial charge in [-0.25, -0.2) is 12.7 Å². The van der Waals surface area contributed by atoms with E-state index in [9.17, 15) is 13.2 Å². The molecule has 1 aliphatic heterocycles. The predicted molar refractivity (Wildman–Crippen MR) is 73.9 cm³/mol. The third-order valence-electron chi connectivity index (χ3n) is 3.10. The Labute approximate surface area is 122 Å². The van der Waals surface area contributed by atoms with Crippen LogP contribution in [0.5, 0.6) is 0 Å². The normalized spacial score (nSPS) is 23.9. The number of sulfonamides is 1. The first-order valence-corrected chi connectivity index (χ1v) is 8.12. The van der Waals surface area contributed by atoms with Crippen LogP contribution in [0.3, 0.4) is 0 Å². The molecular formula is C12H13Cl2NO3S. The third-order valence-corrected chi connectivity index (χ3v) is 5.82. The van der Waals surface area contributed by atoms with E-state index in [1.54, 1.807) is 12.1 Å². The maximum atomic E-state index is 12.4. The van der Waals surface area contributed by atoms with Crippen molar-refractivity contribution < 1.29 is 13.2 Å². The van der Waals surface area contributed by atoms with Gasteiger partial charge in [-0.05, 0) is 19.1 Å². The van der Waals surface area contributed by atoms with Gasteiger partial charge in [0, 0.05) is 18.3 Å². The second-order valence-electron chi connectivity index (χ2n) is 4.50. The lowest BCUT2D eigenvalue weighted by atomic mass is 10.1. The van der Waals surface area contributed by atoms with Crippen molar-refractivity contribution in [3.8, 4) is 0 Å². The zero-order valence-electron chi connectivity index (χ0n) is 10.2. The third kappa shape index (κ3) is 2.59. The molecule has 7 heteroatoms. The molecule has 1 saturated heterocycles. The molecule has 1 heterocycles. The number of carbonyl (C=O) groups is 1. The fourth-order valence-electron chi connectivity index (χ4n) is 1.92. The van der Waals surface area contributed by atoms with Crippen molar-refractivity contribution in [3.63, 3.8) is 0 Å². The van der Waals surface area contributed by atoms with Crippen LogP contribution in [-0.4, -0.2) is 36.4 Å². The number of nitrogens with zero attached hydrogens (tertiary/aromatic N) is 1. The van der Waals surface area contributed by atoms with Gasteiger partial charge in [-0.2, -0.15) is 0 Å². The Balaban J connectivity index is 2.36. The molecule has 0 bridgehead atoms. The molecule has 1 aliphatic rings. The quantitative estimate of drug-likeness (QED) is 0.800. The minimum Gasteiger partial charge on any atom is -0.272 e. The van der Waals surface area contributed by atoms with Crippen molar-refractivity contribution >= 4 is 39.1 Å². The molecule has 2 rings (SSSR count). The number of aryl methyl sites for hydroxylation is 1. The minimum absolute atomic E-state index is 0.0344. The van der Waals surface area contributed by atoms with Gasteiger partial charge in [0.05, 0.1) is 4.90 Å². The zero-order valence-corrected chi connectivity index (χ0v) is 12.5. The Hall–Kier alpha value is -0.780. The Bertz CT molecular complexity index is 585. The summed E-state index contributed by atoms with van der Waals surface area (Å²) < 4.78 is 25.6. The summed E-state index contributed by atoms with van der Waals surface area (Å²) in [7, 11) is -3.84. The molecule has 2 atom stereocenters. The molecule has 0 saturated carbocycles. The number of hydrogen-bond acceptors (Lipinski definition) is 3. The summed E-state index contributed by atoms with van der Waals surface area (Å²) in [6, 6.07) is 6.33. The van der Waals surface area contributed by atoms with Crippen molar-refractivity contribution in [1.29, 1.82) is 0 Å². The van der Waals surface area contributed by atoms with Crippen LogP contribution in [0.4, 0.5) is 0 Å². The van der Waals surface area contributed by atoms with Gasteiger partial charge >= 0.3 is 0 Å². The summed E-state index contributed by atoms with van der Waals surface area (Å²) in [4.78, 5) is 12.0. The first-order valence-electron chi connectivity index (χ1n) is 5.71. The molecule has 0 N–H and O–H groups in total. The SMILES string of the molecule is Cc1ccc(S(=O)(=O)N2C[C@H](CCl)[C@H](Cl)C2=O)cc1. The van der Waals surface area contributed by atoms with Crippen LogP contribution in [0.2, 0.25) is 0 Å². The Kier molecular flexibility index (Phi) is 4.08. The highest BCUT2D eigenvalue weighted by Crippen LogP contribution is 2.29. The summed E-state index contributed by atoms with van der Waals surface area (Å²) >= 11 is 11.6. The second kappa shape index (κ2) is 5.31. The van der Waals surface area contributed by atoms with E-state index in [-0.39, 0.29) is 23.2 Å². The highest BCUT2D eigenvalue weighted by atomic mass is 35.5. The molecule has 0 aromatic heterocycles. The first kappa shape index (κ1) is 14.6. The Morgan fingerprint density at radius 1 is 1.32 bits per heavy atom. The summed E-state index contributed by atoms with van der Waals surface area (Å²) in [5.74, 6) is -0.802. The van der Waals surface area contributed by atoms with Crippen LogP contribution in [-0.2, 0) is 14.8 Å². The van der Waals surface area contributed by atoms with Gasteiger partial charge in [0.2, 0.25) is 0 Å². The summed E-state index contributed by atoms with van der Waals surface area (Å²) in [6.07, 6.45) is 0. The van der Waals surface area contributed by atoms with Gasteiger partial charge in [-0.15, -0.1) is 23.2 Å². The number of halogens is 2. The molecular weight excluding hydrogens is 309 g/mol. The van der Waals surface area contributed by atoms with Crippen molar-refractivity contribution in [2.75, 3.05) is 12.4 Å². The van der Waals surface area contributed by atoms with Crippen LogP contribution < -0.4 is 0 Å². The topological polar surface area (TPSA) is 54.5 Å². The van der Waals surface area contributed by atoms with Crippen LogP contribution in [0.25, 0.3) is 0 Å². The molecule has 0 radical (unpaired) electrons. The molecule has 1 aromatic carbocycles. The van der Waals surface area contributed by atoms with E-state index in [0.29, 0.717) is 0 Å². The van der Waals surface area contributed by atoms with Crippen molar-refractivity contribution in [2.45, 2.75) is 17.2 Å². The van der Waals surface area contributed by atoms with Gasteiger partial charge in [0.25, 0.3) is 15.9 Å². The van der Waals surface area contributed by atoms with E-state index < -0.39 is 21.3 Å². The average molecular weight is 322 g/mol. The number of alkyl halides is 2. The number of benzene rings is 1. The lowest BCUT2D eigenvalue weighted by Crippen LogP contribution is -2.34. The molecule has 0 spiro atoms. The Morgan fingerprint density at radius 2 is 1.89 bits per heavy atom. The highest BCUT2D eigenvalue weighted by Gasteiger charge is 2.44. The van der Waals surface area contributed by atoms with Gasteiger partial charge in [-0.1, -0.05) is 17.7 Å². The van der Waals surface area contributed by atoms with Gasteiger partial charge in [0.1, 0.15) is 5.38 Å². The summed E-state index contributed by atoms with van der Waals surface area (Å²) in [5, 5.41) is -0.877. The zero-order chi connectivity index (χ0) is 14.2. The monoisotopic (exact) mass is 321 g/mol. The largest absolute Gasteiger partial charge is 0.272 e. The molecule has 0 unspecified atom stereocenters. The standard InChI is InChI=1S/C12H13Cl2NO3S/c1-8-2-4-10(5-3-8)19(17,18)15-7-9(6-13)11(14)12(15)16/h2-5,9,11H,6-7H2,1H3/t9-,11-/m0/s1. The lowest BCUT2D eigenvalue weighted by Gasteiger charge is -2.16. The molecule has 104 valence electrons. The first-order chi connectivity index (χ1) is 8.87. The van der Waals surface area contributed by atoms with E-state index in [4.69, 9.17) is 23.2 Å². The van der Waals surface area contributed by atoms with Crippen LogP contribution in [0.1, 0.15) is 5.56 Å². The number of hydrogen-bond donors (Lipinski definition) is 0. The predicted octanol–water partition coefficient (Wildman–Crippen LogP) is 1.99. The van der Waals surface area contributed by atoms with Crippen LogP contribution in [0, 0.1) is 12.8 Å². The Morgan fingerprint density at radius 3 is 2.37 bits per heavy atom. The smallest absolute Gasteiger partial charge is 0.266 e. The van der Waals surface area contributed by atoms with E-state index in [2.05, 4.69) is 0 Å². The van der Waals surface area contributed by atoms with E-state index in [0.717, 1.165) is 9.87 Å². The van der Waals surface area contributed by atoms with E-state index >= 15 is 0 Å². The number of amides is 1. The average Bonchev–Trinajstić information content (AvgIpc) is 2.67. The molecule has 1 aromatic rings. The van der Waals surface area contributed by atoms with Gasteiger partial charge < -0.3 is 0 Å². The van der Waals surface area contributed by atoms with Gasteiger partial charge in [-0.3, -0.25) is 4.79 Å². The minimum atomic E-state index is -3.84. The maximum Gasteiger partial charge on any atom is 0.266 e. The van der Waals surface area contributed by atoms with E-state index in [1.165, 1.54) is 12.1 Å². The summed E-state index contributed by atoms with van der Waals surface area (Å²) in [6.45, 7) is 1.89. The molecule has 1 amide bonds. The molecule has 19 heavy (non-hydrogen) atoms. The second-order valence-corrected chi connectivity index (χ2v) is 7.14. The van der Waals surface area contributed by atoms with Crippen LogP contribution in [0.15, 0.2) is 29.2 Å². The maximum absolute atomic E-state index is 12.4. The highest BCUT2D eigenvalue weighted by molar-refractivity contribution is 7.89. The fourth-order valence-corrected chi connectivity index (χ4v) is 4.10. The van der Waals surface area contributed by atoms with Crippen molar-refractivity contribution in [3.05, 3.63) is 29.8 Å². The summed E-state index contributed by atoms with van der Waals surface area (Å²) in [5.41, 5.74) is 0.945. The molecule has 1 fully saturated rings. The van der Waals surface area contributed by atoms with Crippen molar-refractivity contribution in [2.24, 2.45) is 5.92 Å². The van der Waals surface area contributed by atoms with E-state index in [1.807, 2.05) is 6.92 Å². The van der Waals surface area contributed by atoms with Crippen LogP contribution >= 0.6 is 23.2 Å².